The number of furan rings is 1. The summed E-state index contributed by atoms with van der Waals surface area (Å²) < 4.78 is 6.57. The van der Waals surface area contributed by atoms with Crippen LogP contribution >= 0.6 is 11.3 Å². The number of hydrogen-bond donors (Lipinski definition) is 0. The van der Waals surface area contributed by atoms with Crippen LogP contribution in [0.5, 0.6) is 0 Å². The third-order valence-corrected chi connectivity index (χ3v) is 5.66. The molecule has 2 aromatic heterocycles. The van der Waals surface area contributed by atoms with Gasteiger partial charge in [0.25, 0.3) is 0 Å². The predicted octanol–water partition coefficient (Wildman–Crippen LogP) is 5.28. The van der Waals surface area contributed by atoms with Gasteiger partial charge in [0.15, 0.2) is 5.13 Å². The van der Waals surface area contributed by atoms with Gasteiger partial charge in [-0.1, -0.05) is 41.7 Å². The lowest BCUT2D eigenvalue weighted by Gasteiger charge is -2.18. The van der Waals surface area contributed by atoms with Crippen molar-refractivity contribution in [3.8, 4) is 0 Å². The Hall–Kier alpha value is -2.92. The van der Waals surface area contributed by atoms with Crippen LogP contribution in [0.3, 0.4) is 0 Å². The van der Waals surface area contributed by atoms with Crippen LogP contribution in [-0.4, -0.2) is 10.9 Å². The quantitative estimate of drug-likeness (QED) is 0.476. The standard InChI is InChI=1S/C22H20N2O2S/c1-15-11-19-20(12-16(15)2)27-22(23-19)24(14-18-9-6-10-26-18)21(25)13-17-7-4-3-5-8-17/h3-12H,13-14H2,1-2H3. The van der Waals surface area contributed by atoms with Gasteiger partial charge in [-0.3, -0.25) is 9.69 Å². The lowest BCUT2D eigenvalue weighted by molar-refractivity contribution is -0.118. The van der Waals surface area contributed by atoms with Crippen molar-refractivity contribution < 1.29 is 9.21 Å². The van der Waals surface area contributed by atoms with Crippen LogP contribution in [0.2, 0.25) is 0 Å². The fourth-order valence-electron chi connectivity index (χ4n) is 2.97. The molecule has 27 heavy (non-hydrogen) atoms. The van der Waals surface area contributed by atoms with Crippen LogP contribution in [0, 0.1) is 13.8 Å². The highest BCUT2D eigenvalue weighted by molar-refractivity contribution is 7.22. The molecule has 2 aromatic carbocycles. The normalized spacial score (nSPS) is 11.0. The van der Waals surface area contributed by atoms with Gasteiger partial charge in [-0.2, -0.15) is 0 Å². The highest BCUT2D eigenvalue weighted by atomic mass is 32.1. The number of amides is 1. The van der Waals surface area contributed by atoms with Crippen molar-refractivity contribution >= 4 is 32.6 Å². The molecular weight excluding hydrogens is 356 g/mol. The number of rotatable bonds is 5. The maximum atomic E-state index is 13.1. The van der Waals surface area contributed by atoms with E-state index >= 15 is 0 Å². The second kappa shape index (κ2) is 7.37. The number of nitrogens with zero attached hydrogens (tertiary/aromatic N) is 2. The van der Waals surface area contributed by atoms with E-state index < -0.39 is 0 Å². The molecule has 4 aromatic rings. The van der Waals surface area contributed by atoms with E-state index in [1.54, 1.807) is 22.5 Å². The van der Waals surface area contributed by atoms with E-state index in [-0.39, 0.29) is 5.91 Å². The molecule has 0 atom stereocenters. The number of fused-ring (bicyclic) bond motifs is 1. The molecule has 0 saturated carbocycles. The minimum atomic E-state index is 0.00472. The number of carbonyl (C=O) groups is 1. The Balaban J connectivity index is 1.70. The van der Waals surface area contributed by atoms with Crippen LogP contribution in [-0.2, 0) is 17.8 Å². The Bertz CT molecular complexity index is 1030. The van der Waals surface area contributed by atoms with Crippen LogP contribution in [0.15, 0.2) is 65.3 Å². The molecule has 0 bridgehead atoms. The Morgan fingerprint density at radius 1 is 1.07 bits per heavy atom. The summed E-state index contributed by atoms with van der Waals surface area (Å²) in [4.78, 5) is 19.6. The maximum Gasteiger partial charge on any atom is 0.233 e. The smallest absolute Gasteiger partial charge is 0.233 e. The van der Waals surface area contributed by atoms with Crippen LogP contribution in [0.1, 0.15) is 22.5 Å². The van der Waals surface area contributed by atoms with E-state index in [0.717, 1.165) is 21.5 Å². The molecule has 0 N–H and O–H groups in total. The summed E-state index contributed by atoms with van der Waals surface area (Å²) in [7, 11) is 0. The first-order valence-electron chi connectivity index (χ1n) is 8.84. The minimum Gasteiger partial charge on any atom is -0.467 e. The second-order valence-corrected chi connectivity index (χ2v) is 7.63. The Labute approximate surface area is 162 Å². The molecule has 5 heteroatoms. The maximum absolute atomic E-state index is 13.1. The van der Waals surface area contributed by atoms with Crippen molar-refractivity contribution in [2.75, 3.05) is 4.90 Å². The zero-order chi connectivity index (χ0) is 18.8. The Kier molecular flexibility index (Phi) is 4.77. The number of thiazole rings is 1. The third kappa shape index (κ3) is 3.78. The van der Waals surface area contributed by atoms with Gasteiger partial charge in [0.2, 0.25) is 5.91 Å². The SMILES string of the molecule is Cc1cc2nc(N(Cc3ccco3)C(=O)Cc3ccccc3)sc2cc1C. The lowest BCUT2D eigenvalue weighted by atomic mass is 10.1. The van der Waals surface area contributed by atoms with Crippen molar-refractivity contribution in [3.63, 3.8) is 0 Å². The fourth-order valence-corrected chi connectivity index (χ4v) is 4.03. The van der Waals surface area contributed by atoms with Crippen LogP contribution in [0.25, 0.3) is 10.2 Å². The van der Waals surface area contributed by atoms with Crippen molar-refractivity contribution in [2.24, 2.45) is 0 Å². The molecule has 0 aliphatic carbocycles. The molecule has 4 rings (SSSR count). The summed E-state index contributed by atoms with van der Waals surface area (Å²) in [5.41, 5.74) is 4.34. The number of carbonyl (C=O) groups excluding carboxylic acids is 1. The molecular formula is C22H20N2O2S. The Morgan fingerprint density at radius 2 is 1.85 bits per heavy atom. The summed E-state index contributed by atoms with van der Waals surface area (Å²) in [6.07, 6.45) is 1.95. The molecule has 0 fully saturated rings. The van der Waals surface area contributed by atoms with E-state index in [4.69, 9.17) is 9.40 Å². The zero-order valence-electron chi connectivity index (χ0n) is 15.3. The predicted molar refractivity (Wildman–Crippen MR) is 109 cm³/mol. The topological polar surface area (TPSA) is 46.3 Å². The van der Waals surface area contributed by atoms with Gasteiger partial charge in [-0.25, -0.2) is 4.98 Å². The van der Waals surface area contributed by atoms with Crippen molar-refractivity contribution in [1.29, 1.82) is 0 Å². The first-order chi connectivity index (χ1) is 13.1. The third-order valence-electron chi connectivity index (χ3n) is 4.62. The molecule has 2 heterocycles. The van der Waals surface area contributed by atoms with E-state index in [1.165, 1.54) is 11.1 Å². The van der Waals surface area contributed by atoms with Gasteiger partial charge in [0, 0.05) is 0 Å². The summed E-state index contributed by atoms with van der Waals surface area (Å²) >= 11 is 1.54. The molecule has 0 aliphatic heterocycles. The molecule has 1 amide bonds. The first kappa shape index (κ1) is 17.5. The van der Waals surface area contributed by atoms with E-state index in [1.807, 2.05) is 42.5 Å². The van der Waals surface area contributed by atoms with Gasteiger partial charge in [-0.15, -0.1) is 0 Å². The molecule has 0 saturated heterocycles. The summed E-state index contributed by atoms with van der Waals surface area (Å²) in [6, 6.07) is 17.7. The van der Waals surface area contributed by atoms with E-state index in [9.17, 15) is 4.79 Å². The van der Waals surface area contributed by atoms with Gasteiger partial charge in [0.05, 0.1) is 29.4 Å². The molecule has 4 nitrogen and oxygen atoms in total. The molecule has 0 aliphatic rings. The highest BCUT2D eigenvalue weighted by Gasteiger charge is 2.21. The van der Waals surface area contributed by atoms with Gasteiger partial charge in [-0.05, 0) is 54.8 Å². The zero-order valence-corrected chi connectivity index (χ0v) is 16.1. The summed E-state index contributed by atoms with van der Waals surface area (Å²) in [5, 5.41) is 0.701. The number of hydrogen-bond acceptors (Lipinski definition) is 4. The number of anilines is 1. The van der Waals surface area contributed by atoms with Crippen LogP contribution < -0.4 is 4.90 Å². The molecule has 136 valence electrons. The van der Waals surface area contributed by atoms with Crippen molar-refractivity contribution in [3.05, 3.63) is 83.3 Å². The van der Waals surface area contributed by atoms with Crippen molar-refractivity contribution in [2.45, 2.75) is 26.8 Å². The largest absolute Gasteiger partial charge is 0.467 e. The highest BCUT2D eigenvalue weighted by Crippen LogP contribution is 2.32. The number of aryl methyl sites for hydroxylation is 2. The second-order valence-electron chi connectivity index (χ2n) is 6.62. The lowest BCUT2D eigenvalue weighted by Crippen LogP contribution is -2.31. The van der Waals surface area contributed by atoms with E-state index in [0.29, 0.717) is 18.1 Å². The molecule has 0 spiro atoms. The molecule has 0 radical (unpaired) electrons. The fraction of sp³-hybridized carbons (Fsp3) is 0.182. The number of aromatic nitrogens is 1. The first-order valence-corrected chi connectivity index (χ1v) is 9.66. The minimum absolute atomic E-state index is 0.00472. The van der Waals surface area contributed by atoms with Crippen molar-refractivity contribution in [1.82, 2.24) is 4.98 Å². The summed E-state index contributed by atoms with van der Waals surface area (Å²) in [5.74, 6) is 0.744. The number of benzene rings is 2. The summed E-state index contributed by atoms with van der Waals surface area (Å²) in [6.45, 7) is 4.54. The average molecular weight is 376 g/mol. The van der Waals surface area contributed by atoms with Gasteiger partial charge in [0.1, 0.15) is 5.76 Å². The average Bonchev–Trinajstić information content (AvgIpc) is 3.30. The monoisotopic (exact) mass is 376 g/mol. The van der Waals surface area contributed by atoms with E-state index in [2.05, 4.69) is 26.0 Å². The molecule has 0 unspecified atom stereocenters. The van der Waals surface area contributed by atoms with Crippen LogP contribution in [0.4, 0.5) is 5.13 Å². The Morgan fingerprint density at radius 3 is 2.59 bits per heavy atom. The van der Waals surface area contributed by atoms with Gasteiger partial charge < -0.3 is 4.42 Å². The van der Waals surface area contributed by atoms with Gasteiger partial charge >= 0.3 is 0 Å².